The van der Waals surface area contributed by atoms with Crippen molar-refractivity contribution in [1.29, 1.82) is 5.26 Å². The third kappa shape index (κ3) is 4.20. The van der Waals surface area contributed by atoms with E-state index in [9.17, 15) is 5.26 Å². The van der Waals surface area contributed by atoms with Crippen molar-refractivity contribution in [2.45, 2.75) is 13.8 Å². The zero-order valence-electron chi connectivity index (χ0n) is 19.9. The molecule has 0 saturated carbocycles. The zero-order valence-corrected chi connectivity index (χ0v) is 19.9. The number of fused-ring (bicyclic) bond motifs is 1. The number of nitrogens with zero attached hydrogens (tertiary/aromatic N) is 2. The second-order valence-electron chi connectivity index (χ2n) is 8.49. The van der Waals surface area contributed by atoms with Crippen molar-refractivity contribution < 1.29 is 9.15 Å². The molecule has 35 heavy (non-hydrogen) atoms. The highest BCUT2D eigenvalue weighted by atomic mass is 16.5. The van der Waals surface area contributed by atoms with Crippen molar-refractivity contribution in [2.75, 3.05) is 7.11 Å². The molecule has 5 aromatic rings. The van der Waals surface area contributed by atoms with Gasteiger partial charge in [0.15, 0.2) is 0 Å². The van der Waals surface area contributed by atoms with Crippen LogP contribution in [0.25, 0.3) is 33.2 Å². The lowest BCUT2D eigenvalue weighted by atomic mass is 9.97. The third-order valence-electron chi connectivity index (χ3n) is 6.12. The van der Waals surface area contributed by atoms with Gasteiger partial charge in [0.1, 0.15) is 23.1 Å². The van der Waals surface area contributed by atoms with E-state index in [0.29, 0.717) is 17.1 Å². The SMILES string of the molecule is COc1ccc2ccccc2c1C=Nc1oc(-c2ccc(C)cc2)c(-c2ccc(C)cc2)c1C#N. The first kappa shape index (κ1) is 22.2. The summed E-state index contributed by atoms with van der Waals surface area (Å²) in [4.78, 5) is 4.68. The number of rotatable bonds is 5. The molecule has 5 rings (SSSR count). The fourth-order valence-corrected chi connectivity index (χ4v) is 4.23. The molecule has 0 unspecified atom stereocenters. The van der Waals surface area contributed by atoms with Gasteiger partial charge >= 0.3 is 0 Å². The van der Waals surface area contributed by atoms with Gasteiger partial charge in [-0.05, 0) is 36.2 Å². The lowest BCUT2D eigenvalue weighted by Crippen LogP contribution is -1.92. The number of benzene rings is 4. The van der Waals surface area contributed by atoms with E-state index in [0.717, 1.165) is 44.2 Å². The lowest BCUT2D eigenvalue weighted by molar-refractivity contribution is 0.415. The van der Waals surface area contributed by atoms with E-state index in [1.807, 2.05) is 98.8 Å². The normalized spacial score (nSPS) is 11.1. The largest absolute Gasteiger partial charge is 0.496 e. The molecule has 0 aliphatic carbocycles. The van der Waals surface area contributed by atoms with Crippen LogP contribution in [0.2, 0.25) is 0 Å². The standard InChI is InChI=1S/C31H24N2O2/c1-20-8-12-23(13-9-20)29-26(18-32)31(35-30(29)24-14-10-21(2)11-15-24)33-19-27-25-7-5-4-6-22(25)16-17-28(27)34-3/h4-17,19H,1-3H3. The summed E-state index contributed by atoms with van der Waals surface area (Å²) in [5, 5.41) is 12.3. The molecule has 4 aromatic carbocycles. The van der Waals surface area contributed by atoms with Crippen LogP contribution in [0.3, 0.4) is 0 Å². The molecule has 0 atom stereocenters. The predicted molar refractivity (Wildman–Crippen MR) is 142 cm³/mol. The number of furan rings is 1. The Morgan fingerprint density at radius 2 is 1.49 bits per heavy atom. The molecule has 4 nitrogen and oxygen atoms in total. The quantitative estimate of drug-likeness (QED) is 0.252. The van der Waals surface area contributed by atoms with Crippen LogP contribution in [-0.4, -0.2) is 13.3 Å². The van der Waals surface area contributed by atoms with Gasteiger partial charge in [0.05, 0.1) is 7.11 Å². The van der Waals surface area contributed by atoms with Gasteiger partial charge in [-0.1, -0.05) is 90.0 Å². The molecule has 1 heterocycles. The van der Waals surface area contributed by atoms with E-state index >= 15 is 0 Å². The number of methoxy groups -OCH3 is 1. The first-order chi connectivity index (χ1) is 17.1. The summed E-state index contributed by atoms with van der Waals surface area (Å²) in [6.07, 6.45) is 1.72. The average molecular weight is 457 g/mol. The van der Waals surface area contributed by atoms with E-state index in [1.165, 1.54) is 0 Å². The van der Waals surface area contributed by atoms with Gasteiger partial charge in [0, 0.05) is 22.9 Å². The van der Waals surface area contributed by atoms with Crippen LogP contribution in [-0.2, 0) is 0 Å². The Morgan fingerprint density at radius 3 is 2.14 bits per heavy atom. The number of aliphatic imine (C=N–C) groups is 1. The monoisotopic (exact) mass is 456 g/mol. The van der Waals surface area contributed by atoms with Gasteiger partial charge in [-0.3, -0.25) is 0 Å². The Labute approximate surface area is 204 Å². The highest BCUT2D eigenvalue weighted by Crippen LogP contribution is 2.43. The second kappa shape index (κ2) is 9.32. The molecular formula is C31H24N2O2. The topological polar surface area (TPSA) is 58.5 Å². The Balaban J connectivity index is 1.71. The van der Waals surface area contributed by atoms with Crippen molar-refractivity contribution in [1.82, 2.24) is 0 Å². The smallest absolute Gasteiger partial charge is 0.238 e. The van der Waals surface area contributed by atoms with Crippen molar-refractivity contribution in [3.63, 3.8) is 0 Å². The van der Waals surface area contributed by atoms with Gasteiger partial charge < -0.3 is 9.15 Å². The van der Waals surface area contributed by atoms with Crippen LogP contribution < -0.4 is 4.74 Å². The minimum absolute atomic E-state index is 0.272. The molecule has 4 heteroatoms. The van der Waals surface area contributed by atoms with Crippen molar-refractivity contribution in [3.05, 3.63) is 107 Å². The zero-order chi connectivity index (χ0) is 24.4. The maximum atomic E-state index is 10.2. The summed E-state index contributed by atoms with van der Waals surface area (Å²) < 4.78 is 11.9. The van der Waals surface area contributed by atoms with Gasteiger partial charge in [-0.2, -0.15) is 5.26 Å². The fourth-order valence-electron chi connectivity index (χ4n) is 4.23. The minimum Gasteiger partial charge on any atom is -0.496 e. The van der Waals surface area contributed by atoms with E-state index in [4.69, 9.17) is 9.15 Å². The number of hydrogen-bond donors (Lipinski definition) is 0. The molecular weight excluding hydrogens is 432 g/mol. The Morgan fingerprint density at radius 1 is 0.829 bits per heavy atom. The molecule has 0 aliphatic heterocycles. The Bertz CT molecular complexity index is 1580. The van der Waals surface area contributed by atoms with Crippen LogP contribution in [0.4, 0.5) is 5.88 Å². The van der Waals surface area contributed by atoms with Crippen molar-refractivity contribution in [3.8, 4) is 34.3 Å². The highest BCUT2D eigenvalue weighted by Gasteiger charge is 2.23. The molecule has 170 valence electrons. The Hall–Kier alpha value is -4.62. The number of aryl methyl sites for hydroxylation is 2. The summed E-state index contributed by atoms with van der Waals surface area (Å²) in [6.45, 7) is 4.08. The number of nitriles is 1. The molecule has 0 amide bonds. The Kier molecular flexibility index (Phi) is 5.91. The maximum Gasteiger partial charge on any atom is 0.238 e. The van der Waals surface area contributed by atoms with Crippen LogP contribution >= 0.6 is 0 Å². The van der Waals surface area contributed by atoms with E-state index in [2.05, 4.69) is 11.1 Å². The molecule has 0 fully saturated rings. The molecule has 1 aromatic heterocycles. The van der Waals surface area contributed by atoms with Crippen LogP contribution in [0.5, 0.6) is 5.75 Å². The number of hydrogen-bond acceptors (Lipinski definition) is 4. The van der Waals surface area contributed by atoms with E-state index in [1.54, 1.807) is 13.3 Å². The maximum absolute atomic E-state index is 10.2. The lowest BCUT2D eigenvalue weighted by Gasteiger charge is -2.08. The first-order valence-corrected chi connectivity index (χ1v) is 11.4. The highest BCUT2D eigenvalue weighted by molar-refractivity contribution is 6.03. The van der Waals surface area contributed by atoms with Gasteiger partial charge in [-0.25, -0.2) is 4.99 Å². The van der Waals surface area contributed by atoms with Crippen LogP contribution in [0.15, 0.2) is 94.3 Å². The molecule has 0 N–H and O–H groups in total. The predicted octanol–water partition coefficient (Wildman–Crippen LogP) is 8.01. The van der Waals surface area contributed by atoms with Crippen molar-refractivity contribution in [2.24, 2.45) is 4.99 Å². The number of ether oxygens (including phenoxy) is 1. The second-order valence-corrected chi connectivity index (χ2v) is 8.49. The summed E-state index contributed by atoms with van der Waals surface area (Å²) in [5.41, 5.74) is 6.09. The first-order valence-electron chi connectivity index (χ1n) is 11.4. The summed E-state index contributed by atoms with van der Waals surface area (Å²) in [5.74, 6) is 1.60. The fraction of sp³-hybridized carbons (Fsp3) is 0.0968. The van der Waals surface area contributed by atoms with Gasteiger partial charge in [0.2, 0.25) is 5.88 Å². The van der Waals surface area contributed by atoms with Crippen LogP contribution in [0, 0.1) is 25.2 Å². The van der Waals surface area contributed by atoms with E-state index in [-0.39, 0.29) is 5.88 Å². The molecule has 0 radical (unpaired) electrons. The summed E-state index contributed by atoms with van der Waals surface area (Å²) in [7, 11) is 1.64. The summed E-state index contributed by atoms with van der Waals surface area (Å²) in [6, 6.07) is 30.5. The molecule has 0 bridgehead atoms. The van der Waals surface area contributed by atoms with E-state index < -0.39 is 0 Å². The third-order valence-corrected chi connectivity index (χ3v) is 6.12. The molecule has 0 saturated heterocycles. The summed E-state index contributed by atoms with van der Waals surface area (Å²) >= 11 is 0. The van der Waals surface area contributed by atoms with Crippen molar-refractivity contribution >= 4 is 22.9 Å². The van der Waals surface area contributed by atoms with Crippen LogP contribution in [0.1, 0.15) is 22.3 Å². The van der Waals surface area contributed by atoms with Gasteiger partial charge in [-0.15, -0.1) is 0 Å². The average Bonchev–Trinajstić information content (AvgIpc) is 3.26. The molecule has 0 spiro atoms. The van der Waals surface area contributed by atoms with Gasteiger partial charge in [0.25, 0.3) is 0 Å². The minimum atomic E-state index is 0.272. The molecule has 0 aliphatic rings.